The van der Waals surface area contributed by atoms with Gasteiger partial charge in [0.1, 0.15) is 11.6 Å². The third kappa shape index (κ3) is 3.07. The van der Waals surface area contributed by atoms with E-state index in [4.69, 9.17) is 0 Å². The monoisotopic (exact) mass is 346 g/mol. The van der Waals surface area contributed by atoms with Crippen molar-refractivity contribution in [3.8, 4) is 0 Å². The first kappa shape index (κ1) is 17.6. The van der Waals surface area contributed by atoms with Crippen LogP contribution in [0.15, 0.2) is 6.07 Å². The average molecular weight is 346 g/mol. The van der Waals surface area contributed by atoms with Gasteiger partial charge < -0.3 is 14.9 Å². The molecule has 2 aliphatic heterocycles. The Morgan fingerprint density at radius 1 is 1.36 bits per heavy atom. The highest BCUT2D eigenvalue weighted by Crippen LogP contribution is 2.43. The van der Waals surface area contributed by atoms with Gasteiger partial charge in [-0.2, -0.15) is 0 Å². The zero-order valence-electron chi connectivity index (χ0n) is 15.2. The first-order chi connectivity index (χ1) is 11.9. The molecule has 2 fully saturated rings. The fraction of sp³-hybridized carbons (Fsp3) is 0.667. The van der Waals surface area contributed by atoms with Crippen molar-refractivity contribution >= 4 is 17.7 Å². The Bertz CT molecular complexity index is 683. The number of nitrogens with zero attached hydrogens (tertiary/aromatic N) is 4. The normalized spacial score (nSPS) is 22.7. The number of anilines is 1. The second-order valence-corrected chi connectivity index (χ2v) is 7.17. The number of piperidine rings is 1. The van der Waals surface area contributed by atoms with Gasteiger partial charge in [0.2, 0.25) is 5.91 Å². The molecule has 1 atom stereocenters. The van der Waals surface area contributed by atoms with Crippen molar-refractivity contribution in [2.24, 2.45) is 5.92 Å². The first-order valence-electron chi connectivity index (χ1n) is 8.96. The van der Waals surface area contributed by atoms with Crippen molar-refractivity contribution in [3.63, 3.8) is 0 Å². The van der Waals surface area contributed by atoms with E-state index < -0.39 is 17.4 Å². The summed E-state index contributed by atoms with van der Waals surface area (Å²) in [6, 6.07) is 1.98. The van der Waals surface area contributed by atoms with E-state index in [1.54, 1.807) is 11.9 Å². The van der Waals surface area contributed by atoms with E-state index in [1.807, 2.05) is 13.0 Å². The van der Waals surface area contributed by atoms with Crippen molar-refractivity contribution in [2.75, 3.05) is 25.0 Å². The number of carbonyl (C=O) groups excluding carboxylic acids is 1. The number of amides is 1. The topological polar surface area (TPSA) is 86.6 Å². The summed E-state index contributed by atoms with van der Waals surface area (Å²) in [6.07, 6.45) is 3.26. The van der Waals surface area contributed by atoms with E-state index in [9.17, 15) is 14.7 Å². The number of carboxylic acids is 1. The van der Waals surface area contributed by atoms with Crippen LogP contribution in [-0.4, -0.2) is 57.5 Å². The summed E-state index contributed by atoms with van der Waals surface area (Å²) in [5.41, 5.74) is 0.388. The number of aromatic nitrogens is 2. The Balaban J connectivity index is 1.79. The Morgan fingerprint density at radius 2 is 2.04 bits per heavy atom. The SMILES string of the molecule is CCCc1nc(C)cc(N2CCC3(CC2)[C@H](C(=O)O)CC(=O)N3C)n1. The summed E-state index contributed by atoms with van der Waals surface area (Å²) in [4.78, 5) is 36.8. The minimum absolute atomic E-state index is 0.0658. The molecule has 3 rings (SSSR count). The number of aliphatic carboxylic acids is 1. The van der Waals surface area contributed by atoms with Gasteiger partial charge in [-0.15, -0.1) is 0 Å². The van der Waals surface area contributed by atoms with Crippen LogP contribution in [0.2, 0.25) is 0 Å². The molecule has 0 bridgehead atoms. The molecule has 7 heteroatoms. The molecule has 2 saturated heterocycles. The van der Waals surface area contributed by atoms with Crippen LogP contribution in [0.5, 0.6) is 0 Å². The van der Waals surface area contributed by atoms with Crippen molar-refractivity contribution < 1.29 is 14.7 Å². The minimum atomic E-state index is -0.866. The summed E-state index contributed by atoms with van der Waals surface area (Å²) >= 11 is 0. The lowest BCUT2D eigenvalue weighted by Crippen LogP contribution is -2.56. The smallest absolute Gasteiger partial charge is 0.309 e. The Morgan fingerprint density at radius 3 is 2.64 bits per heavy atom. The van der Waals surface area contributed by atoms with Crippen LogP contribution >= 0.6 is 0 Å². The van der Waals surface area contributed by atoms with Crippen LogP contribution in [0.4, 0.5) is 5.82 Å². The van der Waals surface area contributed by atoms with E-state index >= 15 is 0 Å². The van der Waals surface area contributed by atoms with E-state index in [0.717, 1.165) is 30.2 Å². The molecule has 136 valence electrons. The fourth-order valence-corrected chi connectivity index (χ4v) is 4.22. The Hall–Kier alpha value is -2.18. The number of hydrogen-bond acceptors (Lipinski definition) is 5. The number of hydrogen-bond donors (Lipinski definition) is 1. The van der Waals surface area contributed by atoms with Gasteiger partial charge in [0.05, 0.1) is 11.5 Å². The van der Waals surface area contributed by atoms with E-state index in [1.165, 1.54) is 0 Å². The average Bonchev–Trinajstić information content (AvgIpc) is 2.81. The van der Waals surface area contributed by atoms with Crippen molar-refractivity contribution in [1.82, 2.24) is 14.9 Å². The molecular formula is C18H26N4O3. The molecule has 0 radical (unpaired) electrons. The van der Waals surface area contributed by atoms with E-state index in [-0.39, 0.29) is 12.3 Å². The number of rotatable bonds is 4. The minimum Gasteiger partial charge on any atom is -0.481 e. The van der Waals surface area contributed by atoms with Gasteiger partial charge >= 0.3 is 5.97 Å². The number of carboxylic acid groups (broad SMARTS) is 1. The first-order valence-corrected chi connectivity index (χ1v) is 8.96. The van der Waals surface area contributed by atoms with Crippen LogP contribution in [0, 0.1) is 12.8 Å². The lowest BCUT2D eigenvalue weighted by Gasteiger charge is -2.45. The van der Waals surface area contributed by atoms with Crippen LogP contribution in [-0.2, 0) is 16.0 Å². The van der Waals surface area contributed by atoms with Crippen LogP contribution in [0.1, 0.15) is 44.1 Å². The van der Waals surface area contributed by atoms with Crippen LogP contribution in [0.25, 0.3) is 0 Å². The lowest BCUT2D eigenvalue weighted by molar-refractivity contribution is -0.145. The molecule has 3 heterocycles. The van der Waals surface area contributed by atoms with Gasteiger partial charge in [-0.25, -0.2) is 9.97 Å². The molecule has 25 heavy (non-hydrogen) atoms. The number of likely N-dealkylation sites (tertiary alicyclic amines) is 1. The molecule has 0 aromatic carbocycles. The molecule has 2 aliphatic rings. The van der Waals surface area contributed by atoms with Crippen molar-refractivity contribution in [1.29, 1.82) is 0 Å². The third-order valence-electron chi connectivity index (χ3n) is 5.68. The van der Waals surface area contributed by atoms with Crippen LogP contribution < -0.4 is 4.90 Å². The largest absolute Gasteiger partial charge is 0.481 e. The molecule has 1 amide bonds. The molecule has 1 N–H and O–H groups in total. The summed E-state index contributed by atoms with van der Waals surface area (Å²) in [7, 11) is 1.75. The highest BCUT2D eigenvalue weighted by molar-refractivity contribution is 5.88. The maximum absolute atomic E-state index is 12.1. The maximum atomic E-state index is 12.1. The molecule has 1 aromatic heterocycles. The molecule has 0 unspecified atom stereocenters. The van der Waals surface area contributed by atoms with Crippen LogP contribution in [0.3, 0.4) is 0 Å². The third-order valence-corrected chi connectivity index (χ3v) is 5.68. The molecular weight excluding hydrogens is 320 g/mol. The van der Waals surface area contributed by atoms with Gasteiger partial charge in [-0.05, 0) is 26.2 Å². The predicted molar refractivity (Wildman–Crippen MR) is 93.5 cm³/mol. The van der Waals surface area contributed by atoms with E-state index in [2.05, 4.69) is 21.8 Å². The number of carbonyl (C=O) groups is 2. The quantitative estimate of drug-likeness (QED) is 0.892. The number of aryl methyl sites for hydroxylation is 2. The zero-order chi connectivity index (χ0) is 18.2. The predicted octanol–water partition coefficient (Wildman–Crippen LogP) is 1.64. The summed E-state index contributed by atoms with van der Waals surface area (Å²) in [5, 5.41) is 9.57. The molecule has 7 nitrogen and oxygen atoms in total. The summed E-state index contributed by atoms with van der Waals surface area (Å²) in [5.74, 6) is 0.215. The second kappa shape index (κ2) is 6.61. The molecule has 0 aliphatic carbocycles. The lowest BCUT2D eigenvalue weighted by atomic mass is 9.77. The van der Waals surface area contributed by atoms with Crippen molar-refractivity contribution in [3.05, 3.63) is 17.6 Å². The second-order valence-electron chi connectivity index (χ2n) is 7.17. The summed E-state index contributed by atoms with van der Waals surface area (Å²) in [6.45, 7) is 5.47. The van der Waals surface area contributed by atoms with Gasteiger partial charge in [-0.3, -0.25) is 9.59 Å². The maximum Gasteiger partial charge on any atom is 0.309 e. The molecule has 0 saturated carbocycles. The molecule has 1 aromatic rings. The Labute approximate surface area is 148 Å². The van der Waals surface area contributed by atoms with Crippen molar-refractivity contribution in [2.45, 2.75) is 51.5 Å². The van der Waals surface area contributed by atoms with E-state index in [0.29, 0.717) is 25.9 Å². The molecule has 1 spiro atoms. The fourth-order valence-electron chi connectivity index (χ4n) is 4.22. The van der Waals surface area contributed by atoms with Gasteiger partial charge in [0.25, 0.3) is 0 Å². The standard InChI is InChI=1S/C18H26N4O3/c1-4-5-14-19-12(2)10-15(20-14)22-8-6-18(7-9-22)13(17(24)25)11-16(23)21(18)3/h10,13H,4-9,11H2,1-3H3,(H,24,25)/t13-/m0/s1. The highest BCUT2D eigenvalue weighted by atomic mass is 16.4. The Kier molecular flexibility index (Phi) is 4.67. The zero-order valence-corrected chi connectivity index (χ0v) is 15.2. The summed E-state index contributed by atoms with van der Waals surface area (Å²) < 4.78 is 0. The van der Waals surface area contributed by atoms with Gasteiger partial charge in [-0.1, -0.05) is 6.92 Å². The van der Waals surface area contributed by atoms with Gasteiger partial charge in [0, 0.05) is 44.7 Å². The highest BCUT2D eigenvalue weighted by Gasteiger charge is 2.55. The van der Waals surface area contributed by atoms with Gasteiger partial charge in [0.15, 0.2) is 0 Å².